The fourth-order valence-electron chi connectivity index (χ4n) is 4.07. The van der Waals surface area contributed by atoms with Crippen molar-refractivity contribution in [2.45, 2.75) is 32.7 Å². The van der Waals surface area contributed by atoms with Crippen molar-refractivity contribution in [2.75, 3.05) is 26.7 Å². The van der Waals surface area contributed by atoms with Crippen LogP contribution in [-0.2, 0) is 4.79 Å². The van der Waals surface area contributed by atoms with Crippen molar-refractivity contribution in [1.82, 2.24) is 10.2 Å². The maximum Gasteiger partial charge on any atom is 0.234 e. The summed E-state index contributed by atoms with van der Waals surface area (Å²) in [7, 11) is 1.60. The maximum absolute atomic E-state index is 13.2. The van der Waals surface area contributed by atoms with Gasteiger partial charge < -0.3 is 10.1 Å². The molecule has 1 heterocycles. The zero-order valence-electron chi connectivity index (χ0n) is 18.4. The molecule has 166 valence electrons. The smallest absolute Gasteiger partial charge is 0.234 e. The highest BCUT2D eigenvalue weighted by Gasteiger charge is 2.27. The standard InChI is InChI=1S/C25H31FN2O3/c1-17(2)24(18-4-8-21(26)9-5-18)27-23(29)16-28-14-12-20(13-15-28)25(30)19-6-10-22(31-3)11-7-19/h4-11,17,20,24H,12-16H2,1-3H3,(H,27,29). The fourth-order valence-corrected chi connectivity index (χ4v) is 4.07. The minimum atomic E-state index is -0.287. The first-order chi connectivity index (χ1) is 14.9. The second-order valence-corrected chi connectivity index (χ2v) is 8.48. The number of benzene rings is 2. The molecule has 31 heavy (non-hydrogen) atoms. The monoisotopic (exact) mass is 426 g/mol. The first-order valence-electron chi connectivity index (χ1n) is 10.8. The summed E-state index contributed by atoms with van der Waals surface area (Å²) in [5.74, 6) is 0.714. The Morgan fingerprint density at radius 3 is 2.23 bits per heavy atom. The number of halogens is 1. The van der Waals surface area contributed by atoms with Gasteiger partial charge in [0.2, 0.25) is 5.91 Å². The van der Waals surface area contributed by atoms with E-state index in [1.54, 1.807) is 31.4 Å². The van der Waals surface area contributed by atoms with Gasteiger partial charge in [0, 0.05) is 11.5 Å². The molecule has 6 heteroatoms. The first kappa shape index (κ1) is 22.9. The van der Waals surface area contributed by atoms with Crippen molar-refractivity contribution in [3.8, 4) is 5.75 Å². The normalized spacial score (nSPS) is 16.2. The largest absolute Gasteiger partial charge is 0.497 e. The van der Waals surface area contributed by atoms with Crippen molar-refractivity contribution < 1.29 is 18.7 Å². The molecule has 2 aromatic rings. The van der Waals surface area contributed by atoms with E-state index in [0.29, 0.717) is 25.2 Å². The molecule has 1 amide bonds. The Balaban J connectivity index is 1.50. The number of nitrogens with zero attached hydrogens (tertiary/aromatic N) is 1. The molecule has 5 nitrogen and oxygen atoms in total. The van der Waals surface area contributed by atoms with Crippen LogP contribution in [0.5, 0.6) is 5.75 Å². The summed E-state index contributed by atoms with van der Waals surface area (Å²) in [6.07, 6.45) is 1.48. The maximum atomic E-state index is 13.2. The van der Waals surface area contributed by atoms with Gasteiger partial charge in [0.15, 0.2) is 5.78 Å². The van der Waals surface area contributed by atoms with Crippen LogP contribution in [0, 0.1) is 17.7 Å². The molecule has 1 fully saturated rings. The van der Waals surface area contributed by atoms with Crippen molar-refractivity contribution in [3.63, 3.8) is 0 Å². The molecule has 1 saturated heterocycles. The lowest BCUT2D eigenvalue weighted by Crippen LogP contribution is -2.44. The third kappa shape index (κ3) is 6.14. The number of carbonyl (C=O) groups excluding carboxylic acids is 2. The van der Waals surface area contributed by atoms with E-state index in [9.17, 15) is 14.0 Å². The van der Waals surface area contributed by atoms with Gasteiger partial charge in [-0.3, -0.25) is 14.5 Å². The van der Waals surface area contributed by atoms with E-state index < -0.39 is 0 Å². The van der Waals surface area contributed by atoms with Crippen LogP contribution >= 0.6 is 0 Å². The molecule has 0 saturated carbocycles. The summed E-state index contributed by atoms with van der Waals surface area (Å²) in [4.78, 5) is 27.5. The molecule has 2 aromatic carbocycles. The number of piperidine rings is 1. The average molecular weight is 427 g/mol. The molecule has 0 bridgehead atoms. The number of carbonyl (C=O) groups is 2. The van der Waals surface area contributed by atoms with Crippen LogP contribution in [0.15, 0.2) is 48.5 Å². The van der Waals surface area contributed by atoms with Crippen molar-refractivity contribution in [1.29, 1.82) is 0 Å². The molecule has 1 aliphatic heterocycles. The number of hydrogen-bond donors (Lipinski definition) is 1. The van der Waals surface area contributed by atoms with Gasteiger partial charge in [-0.25, -0.2) is 4.39 Å². The number of ether oxygens (including phenoxy) is 1. The van der Waals surface area contributed by atoms with Gasteiger partial charge in [0.05, 0.1) is 19.7 Å². The van der Waals surface area contributed by atoms with E-state index in [0.717, 1.165) is 24.2 Å². The average Bonchev–Trinajstić information content (AvgIpc) is 2.78. The second kappa shape index (κ2) is 10.5. The molecule has 3 rings (SSSR count). The second-order valence-electron chi connectivity index (χ2n) is 8.48. The number of likely N-dealkylation sites (tertiary alicyclic amines) is 1. The van der Waals surface area contributed by atoms with E-state index in [2.05, 4.69) is 10.2 Å². The van der Waals surface area contributed by atoms with Crippen LogP contribution in [0.2, 0.25) is 0 Å². The summed E-state index contributed by atoms with van der Waals surface area (Å²) in [5.41, 5.74) is 1.60. The lowest BCUT2D eigenvalue weighted by Gasteiger charge is -2.31. The summed E-state index contributed by atoms with van der Waals surface area (Å²) < 4.78 is 18.4. The van der Waals surface area contributed by atoms with Crippen LogP contribution in [0.1, 0.15) is 48.7 Å². The van der Waals surface area contributed by atoms with Crippen LogP contribution in [-0.4, -0.2) is 43.3 Å². The Labute approximate surface area is 183 Å². The van der Waals surface area contributed by atoms with Gasteiger partial charge >= 0.3 is 0 Å². The van der Waals surface area contributed by atoms with Crippen molar-refractivity contribution >= 4 is 11.7 Å². The zero-order valence-corrected chi connectivity index (χ0v) is 18.4. The van der Waals surface area contributed by atoms with Gasteiger partial charge in [-0.05, 0) is 73.8 Å². The molecule has 1 N–H and O–H groups in total. The minimum absolute atomic E-state index is 0.0182. The Bertz CT molecular complexity index is 873. The summed E-state index contributed by atoms with van der Waals surface area (Å²) in [6, 6.07) is 13.3. The fraction of sp³-hybridized carbons (Fsp3) is 0.440. The van der Waals surface area contributed by atoms with Gasteiger partial charge in [0.25, 0.3) is 0 Å². The van der Waals surface area contributed by atoms with E-state index in [1.807, 2.05) is 26.0 Å². The molecular formula is C25H31FN2O3. The minimum Gasteiger partial charge on any atom is -0.497 e. The first-order valence-corrected chi connectivity index (χ1v) is 10.8. The molecular weight excluding hydrogens is 395 g/mol. The Kier molecular flexibility index (Phi) is 7.80. The highest BCUT2D eigenvalue weighted by Crippen LogP contribution is 2.24. The third-order valence-corrected chi connectivity index (χ3v) is 5.91. The van der Waals surface area contributed by atoms with Crippen LogP contribution in [0.3, 0.4) is 0 Å². The summed E-state index contributed by atoms with van der Waals surface area (Å²) in [5, 5.41) is 3.09. The number of methoxy groups -OCH3 is 1. The number of ketones is 1. The topological polar surface area (TPSA) is 58.6 Å². The van der Waals surface area contributed by atoms with E-state index in [-0.39, 0.29) is 35.4 Å². The number of amides is 1. The van der Waals surface area contributed by atoms with Crippen molar-refractivity contribution in [2.24, 2.45) is 11.8 Å². The van der Waals surface area contributed by atoms with Crippen LogP contribution < -0.4 is 10.1 Å². The van der Waals surface area contributed by atoms with Gasteiger partial charge in [-0.15, -0.1) is 0 Å². The molecule has 1 atom stereocenters. The van der Waals surface area contributed by atoms with Crippen LogP contribution in [0.4, 0.5) is 4.39 Å². The van der Waals surface area contributed by atoms with Gasteiger partial charge in [0.1, 0.15) is 11.6 Å². The molecule has 1 unspecified atom stereocenters. The number of hydrogen-bond acceptors (Lipinski definition) is 4. The molecule has 0 aromatic heterocycles. The lowest BCUT2D eigenvalue weighted by molar-refractivity contribution is -0.123. The molecule has 0 spiro atoms. The SMILES string of the molecule is COc1ccc(C(=O)C2CCN(CC(=O)NC(c3ccc(F)cc3)C(C)C)CC2)cc1. The Morgan fingerprint density at radius 2 is 1.68 bits per heavy atom. The predicted octanol–water partition coefficient (Wildman–Crippen LogP) is 4.24. The number of rotatable bonds is 8. The van der Waals surface area contributed by atoms with Crippen LogP contribution in [0.25, 0.3) is 0 Å². The summed E-state index contributed by atoms with van der Waals surface area (Å²) >= 11 is 0. The number of nitrogens with one attached hydrogen (secondary N) is 1. The Hall–Kier alpha value is -2.73. The van der Waals surface area contributed by atoms with E-state index >= 15 is 0 Å². The van der Waals surface area contributed by atoms with Gasteiger partial charge in [-0.2, -0.15) is 0 Å². The molecule has 0 radical (unpaired) electrons. The molecule has 0 aliphatic carbocycles. The molecule has 1 aliphatic rings. The zero-order chi connectivity index (χ0) is 22.4. The van der Waals surface area contributed by atoms with E-state index in [4.69, 9.17) is 4.74 Å². The van der Waals surface area contributed by atoms with E-state index in [1.165, 1.54) is 12.1 Å². The highest BCUT2D eigenvalue weighted by molar-refractivity contribution is 5.98. The predicted molar refractivity (Wildman–Crippen MR) is 119 cm³/mol. The van der Waals surface area contributed by atoms with Gasteiger partial charge in [-0.1, -0.05) is 26.0 Å². The lowest BCUT2D eigenvalue weighted by atomic mass is 9.89. The highest BCUT2D eigenvalue weighted by atomic mass is 19.1. The third-order valence-electron chi connectivity index (χ3n) is 5.91. The number of Topliss-reactive ketones (excluding diaryl/α,β-unsaturated/α-hetero) is 1. The Morgan fingerprint density at radius 1 is 1.06 bits per heavy atom. The van der Waals surface area contributed by atoms with Crippen molar-refractivity contribution in [3.05, 3.63) is 65.5 Å². The quantitative estimate of drug-likeness (QED) is 0.642. The summed E-state index contributed by atoms with van der Waals surface area (Å²) in [6.45, 7) is 5.79.